The maximum Gasteiger partial charge on any atom is 0.416 e. The highest BCUT2D eigenvalue weighted by Crippen LogP contribution is 2.29. The minimum atomic E-state index is -4.42. The number of hydrogen-bond donors (Lipinski definition) is 2. The van der Waals surface area contributed by atoms with Gasteiger partial charge in [-0.2, -0.15) is 13.2 Å². The van der Waals surface area contributed by atoms with Gasteiger partial charge in [0.25, 0.3) is 0 Å². The Morgan fingerprint density at radius 3 is 2.39 bits per heavy atom. The summed E-state index contributed by atoms with van der Waals surface area (Å²) in [6.07, 6.45) is -0.162. The number of hydrogen-bond acceptors (Lipinski definition) is 2. The summed E-state index contributed by atoms with van der Waals surface area (Å²) in [6, 6.07) is 12.5. The van der Waals surface area contributed by atoms with Gasteiger partial charge in [0.1, 0.15) is 6.54 Å². The topological polar surface area (TPSA) is 68.4 Å². The predicted molar refractivity (Wildman–Crippen MR) is 144 cm³/mol. The number of urea groups is 1. The number of unbranched alkanes of at least 4 members (excludes halogenated alkanes) is 1. The van der Waals surface area contributed by atoms with Gasteiger partial charge in [-0.15, -0.1) is 0 Å². The van der Waals surface area contributed by atoms with Crippen LogP contribution >= 0.6 is 0 Å². The van der Waals surface area contributed by atoms with Crippen LogP contribution < -0.4 is 5.32 Å². The second kappa shape index (κ2) is 13.3. The molecule has 9 heteroatoms. The van der Waals surface area contributed by atoms with E-state index in [0.717, 1.165) is 41.4 Å². The first-order chi connectivity index (χ1) is 18.1. The SMILES string of the molecule is CCCCNC(=O)N(CC(=O)N(CCc1c[nH]c2ccccc12)Cc1ccc(C(F)(F)F)cc1)CC(C)C. The lowest BCUT2D eigenvalue weighted by molar-refractivity contribution is -0.137. The second-order valence-electron chi connectivity index (χ2n) is 9.98. The summed E-state index contributed by atoms with van der Waals surface area (Å²) in [7, 11) is 0. The van der Waals surface area contributed by atoms with Crippen molar-refractivity contribution in [2.45, 2.75) is 52.8 Å². The Morgan fingerprint density at radius 1 is 1.03 bits per heavy atom. The summed E-state index contributed by atoms with van der Waals surface area (Å²) in [5.41, 5.74) is 1.90. The lowest BCUT2D eigenvalue weighted by Crippen LogP contribution is -2.48. The molecule has 0 spiro atoms. The number of alkyl halides is 3. The predicted octanol–water partition coefficient (Wildman–Crippen LogP) is 6.23. The van der Waals surface area contributed by atoms with Crippen LogP contribution in [0.15, 0.2) is 54.7 Å². The van der Waals surface area contributed by atoms with Crippen LogP contribution in [-0.4, -0.2) is 52.9 Å². The number of carbonyl (C=O) groups excluding carboxylic acids is 2. The first-order valence-corrected chi connectivity index (χ1v) is 13.1. The van der Waals surface area contributed by atoms with E-state index in [2.05, 4.69) is 10.3 Å². The number of rotatable bonds is 12. The minimum Gasteiger partial charge on any atom is -0.361 e. The third kappa shape index (κ3) is 8.26. The molecule has 3 aromatic rings. The van der Waals surface area contributed by atoms with Crippen LogP contribution in [-0.2, 0) is 23.9 Å². The normalized spacial score (nSPS) is 11.7. The number of benzene rings is 2. The molecule has 0 saturated heterocycles. The fourth-order valence-electron chi connectivity index (χ4n) is 4.31. The number of aromatic nitrogens is 1. The van der Waals surface area contributed by atoms with Crippen molar-refractivity contribution in [3.63, 3.8) is 0 Å². The van der Waals surface area contributed by atoms with Crippen molar-refractivity contribution in [1.82, 2.24) is 20.1 Å². The molecule has 0 fully saturated rings. The zero-order valence-corrected chi connectivity index (χ0v) is 22.3. The summed E-state index contributed by atoms with van der Waals surface area (Å²) >= 11 is 0. The van der Waals surface area contributed by atoms with Gasteiger partial charge in [0.05, 0.1) is 5.56 Å². The molecule has 0 aliphatic carbocycles. The highest BCUT2D eigenvalue weighted by molar-refractivity contribution is 5.85. The third-order valence-electron chi connectivity index (χ3n) is 6.34. The molecule has 2 aromatic carbocycles. The van der Waals surface area contributed by atoms with Crippen LogP contribution in [0.3, 0.4) is 0 Å². The lowest BCUT2D eigenvalue weighted by atomic mass is 10.1. The third-order valence-corrected chi connectivity index (χ3v) is 6.34. The number of carbonyl (C=O) groups is 2. The number of amides is 3. The first-order valence-electron chi connectivity index (χ1n) is 13.1. The number of nitrogens with zero attached hydrogens (tertiary/aromatic N) is 2. The van der Waals surface area contributed by atoms with Crippen LogP contribution in [0.2, 0.25) is 0 Å². The fourth-order valence-corrected chi connectivity index (χ4v) is 4.31. The van der Waals surface area contributed by atoms with E-state index >= 15 is 0 Å². The zero-order valence-electron chi connectivity index (χ0n) is 22.3. The van der Waals surface area contributed by atoms with E-state index < -0.39 is 11.7 Å². The molecule has 3 amide bonds. The van der Waals surface area contributed by atoms with Gasteiger partial charge in [-0.05, 0) is 48.1 Å². The molecule has 0 radical (unpaired) electrons. The van der Waals surface area contributed by atoms with E-state index in [0.29, 0.717) is 31.6 Å². The number of fused-ring (bicyclic) bond motifs is 1. The first kappa shape index (κ1) is 29.1. The van der Waals surface area contributed by atoms with Crippen molar-refractivity contribution in [3.8, 4) is 0 Å². The molecule has 0 aliphatic rings. The number of H-pyrrole nitrogens is 1. The molecule has 0 aliphatic heterocycles. The van der Waals surface area contributed by atoms with Gasteiger partial charge in [-0.25, -0.2) is 4.79 Å². The Kier molecular flexibility index (Phi) is 10.2. The van der Waals surface area contributed by atoms with E-state index in [4.69, 9.17) is 0 Å². The van der Waals surface area contributed by atoms with Crippen molar-refractivity contribution in [1.29, 1.82) is 0 Å². The van der Waals surface area contributed by atoms with Gasteiger partial charge in [-0.3, -0.25) is 4.79 Å². The molecular formula is C29H37F3N4O2. The van der Waals surface area contributed by atoms with E-state index in [9.17, 15) is 22.8 Å². The maximum absolute atomic E-state index is 13.5. The second-order valence-corrected chi connectivity index (χ2v) is 9.98. The summed E-state index contributed by atoms with van der Waals surface area (Å²) in [4.78, 5) is 32.7. The number of halogens is 3. The van der Waals surface area contributed by atoms with Crippen molar-refractivity contribution in [3.05, 3.63) is 71.4 Å². The number of para-hydroxylation sites is 1. The van der Waals surface area contributed by atoms with Gasteiger partial charge < -0.3 is 20.1 Å². The Labute approximate surface area is 222 Å². The molecule has 1 aromatic heterocycles. The van der Waals surface area contributed by atoms with E-state index in [1.54, 1.807) is 4.90 Å². The van der Waals surface area contributed by atoms with Crippen molar-refractivity contribution < 1.29 is 22.8 Å². The fraction of sp³-hybridized carbons (Fsp3) is 0.448. The smallest absolute Gasteiger partial charge is 0.361 e. The molecular weight excluding hydrogens is 493 g/mol. The summed E-state index contributed by atoms with van der Waals surface area (Å²) in [6.45, 7) is 7.34. The van der Waals surface area contributed by atoms with Gasteiger partial charge in [0.2, 0.25) is 5.91 Å². The van der Waals surface area contributed by atoms with Crippen LogP contribution in [0.4, 0.5) is 18.0 Å². The molecule has 2 N–H and O–H groups in total. The molecule has 1 heterocycles. The molecule has 206 valence electrons. The van der Waals surface area contributed by atoms with Crippen LogP contribution in [0, 0.1) is 5.92 Å². The van der Waals surface area contributed by atoms with Gasteiger partial charge in [-0.1, -0.05) is 57.5 Å². The molecule has 0 bridgehead atoms. The quantitative estimate of drug-likeness (QED) is 0.273. The monoisotopic (exact) mass is 530 g/mol. The minimum absolute atomic E-state index is 0.106. The molecule has 0 saturated carbocycles. The molecule has 3 rings (SSSR count). The average Bonchev–Trinajstić information content (AvgIpc) is 3.28. The molecule has 38 heavy (non-hydrogen) atoms. The van der Waals surface area contributed by atoms with Gasteiger partial charge >= 0.3 is 12.2 Å². The average molecular weight is 531 g/mol. The van der Waals surface area contributed by atoms with E-state index in [1.165, 1.54) is 17.0 Å². The highest BCUT2D eigenvalue weighted by Gasteiger charge is 2.30. The van der Waals surface area contributed by atoms with E-state index in [1.807, 2.05) is 51.2 Å². The molecule has 6 nitrogen and oxygen atoms in total. The van der Waals surface area contributed by atoms with E-state index in [-0.39, 0.29) is 30.9 Å². The standard InChI is InChI=1S/C29H37F3N4O2/c1-4-5-15-33-28(38)36(18-21(2)3)20-27(37)35(19-22-10-12-24(13-11-22)29(30,31)32)16-14-23-17-34-26-9-7-6-8-25(23)26/h6-13,17,21,34H,4-5,14-16,18-20H2,1-3H3,(H,33,38). The molecule has 0 unspecified atom stereocenters. The zero-order chi connectivity index (χ0) is 27.7. The van der Waals surface area contributed by atoms with Crippen molar-refractivity contribution in [2.24, 2.45) is 5.92 Å². The Morgan fingerprint density at radius 2 is 1.74 bits per heavy atom. The largest absolute Gasteiger partial charge is 0.416 e. The van der Waals surface area contributed by atoms with Crippen LogP contribution in [0.25, 0.3) is 10.9 Å². The summed E-state index contributed by atoms with van der Waals surface area (Å²) in [5, 5.41) is 3.94. The highest BCUT2D eigenvalue weighted by atomic mass is 19.4. The summed E-state index contributed by atoms with van der Waals surface area (Å²) in [5.74, 6) is -0.0923. The van der Waals surface area contributed by atoms with Crippen LogP contribution in [0.5, 0.6) is 0 Å². The summed E-state index contributed by atoms with van der Waals surface area (Å²) < 4.78 is 39.1. The van der Waals surface area contributed by atoms with Gasteiger partial charge in [0, 0.05) is 43.3 Å². The maximum atomic E-state index is 13.5. The Balaban J connectivity index is 1.79. The number of aromatic amines is 1. The lowest BCUT2D eigenvalue weighted by Gasteiger charge is -2.29. The number of nitrogens with one attached hydrogen (secondary N) is 2. The Bertz CT molecular complexity index is 1190. The van der Waals surface area contributed by atoms with Crippen molar-refractivity contribution in [2.75, 3.05) is 26.2 Å². The Hall–Kier alpha value is -3.49. The molecule has 0 atom stereocenters. The van der Waals surface area contributed by atoms with Crippen LogP contribution in [0.1, 0.15) is 50.3 Å². The van der Waals surface area contributed by atoms with Gasteiger partial charge in [0.15, 0.2) is 0 Å². The van der Waals surface area contributed by atoms with Crippen molar-refractivity contribution >= 4 is 22.8 Å².